The fraction of sp³-hybridized carbons (Fsp3) is 0.407. The molecule has 0 aliphatic carbocycles. The molecule has 0 radical (unpaired) electrons. The number of ketones is 1. The van der Waals surface area contributed by atoms with Crippen molar-refractivity contribution in [3.63, 3.8) is 0 Å². The van der Waals surface area contributed by atoms with Crippen molar-refractivity contribution in [3.05, 3.63) is 59.2 Å². The number of carbonyl (C=O) groups is 2. The molecule has 188 valence electrons. The Bertz CT molecular complexity index is 1080. The number of nitrogens with zero attached hydrogens (tertiary/aromatic N) is 1. The van der Waals surface area contributed by atoms with Crippen molar-refractivity contribution in [2.75, 3.05) is 40.6 Å². The number of rotatable bonds is 11. The second-order valence-corrected chi connectivity index (χ2v) is 8.56. The number of ether oxygens (including phenoxy) is 4. The van der Waals surface area contributed by atoms with Gasteiger partial charge in [0.25, 0.3) is 11.7 Å². The molecule has 35 heavy (non-hydrogen) atoms. The van der Waals surface area contributed by atoms with Gasteiger partial charge in [-0.3, -0.25) is 9.59 Å². The van der Waals surface area contributed by atoms with E-state index in [-0.39, 0.29) is 24.5 Å². The Kier molecular flexibility index (Phi) is 8.76. The molecule has 0 bridgehead atoms. The summed E-state index contributed by atoms with van der Waals surface area (Å²) in [6, 6.07) is 11.2. The maximum absolute atomic E-state index is 13.1. The third-order valence-corrected chi connectivity index (χ3v) is 5.59. The highest BCUT2D eigenvalue weighted by atomic mass is 16.5. The molecule has 1 atom stereocenters. The normalized spacial score (nSPS) is 17.2. The lowest BCUT2D eigenvalue weighted by Gasteiger charge is -2.25. The monoisotopic (exact) mass is 483 g/mol. The summed E-state index contributed by atoms with van der Waals surface area (Å²) in [4.78, 5) is 27.5. The van der Waals surface area contributed by atoms with Gasteiger partial charge in [0.1, 0.15) is 11.5 Å². The topological polar surface area (TPSA) is 94.5 Å². The van der Waals surface area contributed by atoms with Crippen LogP contribution in [0.15, 0.2) is 48.0 Å². The second-order valence-electron chi connectivity index (χ2n) is 8.56. The van der Waals surface area contributed by atoms with Gasteiger partial charge in [0, 0.05) is 19.2 Å². The van der Waals surface area contributed by atoms with Crippen LogP contribution in [0, 0.1) is 5.92 Å². The molecule has 1 unspecified atom stereocenters. The first-order chi connectivity index (χ1) is 16.8. The fourth-order valence-corrected chi connectivity index (χ4v) is 3.90. The van der Waals surface area contributed by atoms with Crippen molar-refractivity contribution >= 4 is 17.4 Å². The maximum Gasteiger partial charge on any atom is 0.295 e. The van der Waals surface area contributed by atoms with Gasteiger partial charge < -0.3 is 29.0 Å². The second kappa shape index (κ2) is 11.8. The van der Waals surface area contributed by atoms with Gasteiger partial charge in [0.05, 0.1) is 38.5 Å². The minimum atomic E-state index is -0.813. The number of likely N-dealkylation sites (tertiary alicyclic amines) is 1. The van der Waals surface area contributed by atoms with Crippen molar-refractivity contribution in [3.8, 4) is 17.2 Å². The molecule has 1 aliphatic heterocycles. The zero-order chi connectivity index (χ0) is 25.5. The number of hydrogen-bond donors (Lipinski definition) is 1. The van der Waals surface area contributed by atoms with E-state index in [0.717, 1.165) is 0 Å². The van der Waals surface area contributed by atoms with E-state index < -0.39 is 17.7 Å². The molecular weight excluding hydrogens is 450 g/mol. The van der Waals surface area contributed by atoms with Gasteiger partial charge in [-0.2, -0.15) is 0 Å². The molecule has 0 saturated carbocycles. The molecule has 1 amide bonds. The van der Waals surface area contributed by atoms with E-state index in [1.807, 2.05) is 6.92 Å². The van der Waals surface area contributed by atoms with Crippen LogP contribution in [0.4, 0.5) is 0 Å². The summed E-state index contributed by atoms with van der Waals surface area (Å²) in [7, 11) is 3.04. The number of carbonyl (C=O) groups excluding carboxylic acids is 2. The summed E-state index contributed by atoms with van der Waals surface area (Å²) in [5, 5.41) is 11.2. The highest BCUT2D eigenvalue weighted by Gasteiger charge is 2.46. The number of aliphatic hydroxyl groups is 1. The summed E-state index contributed by atoms with van der Waals surface area (Å²) in [6.07, 6.45) is 0. The van der Waals surface area contributed by atoms with Gasteiger partial charge in [0.2, 0.25) is 0 Å². The van der Waals surface area contributed by atoms with Crippen molar-refractivity contribution in [1.29, 1.82) is 0 Å². The molecule has 0 aromatic heterocycles. The van der Waals surface area contributed by atoms with E-state index in [1.165, 1.54) is 19.1 Å². The Balaban J connectivity index is 2.07. The van der Waals surface area contributed by atoms with E-state index in [1.54, 1.807) is 42.5 Å². The SMILES string of the molecule is CCOc1ccc(C2/C(=C(\O)c3ccc(OCC(C)C)cc3)C(=O)C(=O)N2CCOC)cc1OC. The standard InChI is InChI=1S/C27H33NO7/c1-6-34-21-12-9-19(15-22(21)33-5)24-23(26(30)27(31)28(24)13-14-32-4)25(29)18-7-10-20(11-8-18)35-16-17(2)3/h7-12,15,17,24,29H,6,13-14,16H2,1-5H3/b25-23+. The molecule has 8 nitrogen and oxygen atoms in total. The third-order valence-electron chi connectivity index (χ3n) is 5.59. The number of aliphatic hydroxyl groups excluding tert-OH is 1. The van der Waals surface area contributed by atoms with E-state index in [2.05, 4.69) is 13.8 Å². The summed E-state index contributed by atoms with van der Waals surface area (Å²) in [6.45, 7) is 7.41. The number of methoxy groups -OCH3 is 2. The molecule has 1 heterocycles. The van der Waals surface area contributed by atoms with Crippen LogP contribution in [0.2, 0.25) is 0 Å². The van der Waals surface area contributed by atoms with E-state index in [0.29, 0.717) is 47.5 Å². The van der Waals surface area contributed by atoms with Crippen LogP contribution in [-0.2, 0) is 14.3 Å². The molecule has 1 saturated heterocycles. The summed E-state index contributed by atoms with van der Waals surface area (Å²) < 4.78 is 21.9. The molecule has 1 N–H and O–H groups in total. The average Bonchev–Trinajstić information content (AvgIpc) is 3.11. The van der Waals surface area contributed by atoms with Gasteiger partial charge in [-0.1, -0.05) is 19.9 Å². The first-order valence-corrected chi connectivity index (χ1v) is 11.6. The van der Waals surface area contributed by atoms with Gasteiger partial charge in [0.15, 0.2) is 11.5 Å². The largest absolute Gasteiger partial charge is 0.507 e. The minimum Gasteiger partial charge on any atom is -0.507 e. The lowest BCUT2D eigenvalue weighted by atomic mass is 9.95. The number of Topliss-reactive ketones (excluding diaryl/α,β-unsaturated/α-hetero) is 1. The Labute approximate surface area is 206 Å². The van der Waals surface area contributed by atoms with Crippen LogP contribution in [0.5, 0.6) is 17.2 Å². The van der Waals surface area contributed by atoms with Crippen LogP contribution >= 0.6 is 0 Å². The lowest BCUT2D eigenvalue weighted by Crippen LogP contribution is -2.32. The molecule has 1 fully saturated rings. The van der Waals surface area contributed by atoms with Crippen LogP contribution in [0.1, 0.15) is 37.9 Å². The zero-order valence-electron chi connectivity index (χ0n) is 20.9. The van der Waals surface area contributed by atoms with Crippen molar-refractivity contribution < 1.29 is 33.6 Å². The molecule has 2 aromatic rings. The Morgan fingerprint density at radius 2 is 1.74 bits per heavy atom. The van der Waals surface area contributed by atoms with Gasteiger partial charge in [-0.05, 0) is 54.8 Å². The summed E-state index contributed by atoms with van der Waals surface area (Å²) in [5.41, 5.74) is 1.03. The predicted octanol–water partition coefficient (Wildman–Crippen LogP) is 4.20. The Morgan fingerprint density at radius 1 is 1.03 bits per heavy atom. The average molecular weight is 484 g/mol. The summed E-state index contributed by atoms with van der Waals surface area (Å²) in [5.74, 6) is 0.338. The minimum absolute atomic E-state index is 0.00756. The van der Waals surface area contributed by atoms with Crippen molar-refractivity contribution in [2.45, 2.75) is 26.8 Å². The maximum atomic E-state index is 13.1. The Hall–Kier alpha value is -3.52. The van der Waals surface area contributed by atoms with Gasteiger partial charge in [-0.15, -0.1) is 0 Å². The van der Waals surface area contributed by atoms with Crippen LogP contribution in [0.3, 0.4) is 0 Å². The number of amides is 1. The Morgan fingerprint density at radius 3 is 2.34 bits per heavy atom. The van der Waals surface area contributed by atoms with E-state index in [9.17, 15) is 14.7 Å². The smallest absolute Gasteiger partial charge is 0.295 e. The molecule has 8 heteroatoms. The molecule has 1 aliphatic rings. The lowest BCUT2D eigenvalue weighted by molar-refractivity contribution is -0.140. The first-order valence-electron chi connectivity index (χ1n) is 11.6. The molecule has 2 aromatic carbocycles. The third kappa shape index (κ3) is 5.77. The van der Waals surface area contributed by atoms with Crippen molar-refractivity contribution in [1.82, 2.24) is 4.90 Å². The fourth-order valence-electron chi connectivity index (χ4n) is 3.90. The first kappa shape index (κ1) is 26.1. The van der Waals surface area contributed by atoms with E-state index >= 15 is 0 Å². The van der Waals surface area contributed by atoms with Gasteiger partial charge >= 0.3 is 0 Å². The molecule has 3 rings (SSSR count). The number of hydrogen-bond acceptors (Lipinski definition) is 7. The highest BCUT2D eigenvalue weighted by Crippen LogP contribution is 2.42. The molecular formula is C27H33NO7. The van der Waals surface area contributed by atoms with E-state index in [4.69, 9.17) is 18.9 Å². The van der Waals surface area contributed by atoms with Crippen molar-refractivity contribution in [2.24, 2.45) is 5.92 Å². The highest BCUT2D eigenvalue weighted by molar-refractivity contribution is 6.46. The molecule has 0 spiro atoms. The predicted molar refractivity (Wildman–Crippen MR) is 132 cm³/mol. The zero-order valence-corrected chi connectivity index (χ0v) is 20.9. The van der Waals surface area contributed by atoms with Gasteiger partial charge in [-0.25, -0.2) is 0 Å². The summed E-state index contributed by atoms with van der Waals surface area (Å²) >= 11 is 0. The quantitative estimate of drug-likeness (QED) is 0.291. The van der Waals surface area contributed by atoms with Crippen LogP contribution in [-0.4, -0.2) is 62.3 Å². The van der Waals surface area contributed by atoms with Crippen LogP contribution < -0.4 is 14.2 Å². The number of benzene rings is 2. The van der Waals surface area contributed by atoms with Crippen LogP contribution in [0.25, 0.3) is 5.76 Å².